The summed E-state index contributed by atoms with van der Waals surface area (Å²) < 4.78 is 36.4. The minimum atomic E-state index is -4.29. The van der Waals surface area contributed by atoms with E-state index in [4.69, 9.17) is 26.8 Å². The first-order valence-corrected chi connectivity index (χ1v) is 11.6. The molecule has 0 aromatic heterocycles. The fourth-order valence-corrected chi connectivity index (χ4v) is 4.37. The predicted molar refractivity (Wildman–Crippen MR) is 124 cm³/mol. The first-order chi connectivity index (χ1) is 16.1. The van der Waals surface area contributed by atoms with E-state index in [1.807, 2.05) is 0 Å². The van der Waals surface area contributed by atoms with Gasteiger partial charge in [-0.3, -0.25) is 19.6 Å². The SMILES string of the molecule is COc1cc(C(=O)N(N)C[C@@H](C(=O)O)S(=O)(=O)c2ccccc2)ccc1OCCCN=C(N)N. The average Bonchev–Trinajstić information content (AvgIpc) is 2.81. The second-order valence-electron chi connectivity index (χ2n) is 7.02. The van der Waals surface area contributed by atoms with E-state index in [-0.39, 0.29) is 28.8 Å². The summed E-state index contributed by atoms with van der Waals surface area (Å²) in [5.41, 5.74) is 10.6. The zero-order valence-corrected chi connectivity index (χ0v) is 19.3. The number of carbonyl (C=O) groups excluding carboxylic acids is 1. The van der Waals surface area contributed by atoms with Gasteiger partial charge in [0.25, 0.3) is 5.91 Å². The van der Waals surface area contributed by atoms with Gasteiger partial charge in [-0.15, -0.1) is 0 Å². The van der Waals surface area contributed by atoms with Crippen LogP contribution in [0.4, 0.5) is 0 Å². The third-order valence-electron chi connectivity index (χ3n) is 4.61. The number of rotatable bonds is 12. The Labute approximate surface area is 196 Å². The smallest absolute Gasteiger partial charge is 0.324 e. The maximum absolute atomic E-state index is 12.8. The molecule has 0 saturated heterocycles. The second kappa shape index (κ2) is 11.9. The number of carboxylic acids is 1. The van der Waals surface area contributed by atoms with Crippen molar-refractivity contribution in [3.8, 4) is 11.5 Å². The zero-order valence-electron chi connectivity index (χ0n) is 18.5. The second-order valence-corrected chi connectivity index (χ2v) is 9.15. The van der Waals surface area contributed by atoms with Crippen molar-refractivity contribution in [1.29, 1.82) is 0 Å². The lowest BCUT2D eigenvalue weighted by Gasteiger charge is -2.22. The molecule has 7 N–H and O–H groups in total. The minimum absolute atomic E-state index is 0.0199. The molecule has 0 saturated carbocycles. The normalized spacial score (nSPS) is 11.8. The van der Waals surface area contributed by atoms with Gasteiger partial charge in [-0.25, -0.2) is 14.3 Å². The third kappa shape index (κ3) is 6.83. The van der Waals surface area contributed by atoms with E-state index in [2.05, 4.69) is 4.99 Å². The molecule has 34 heavy (non-hydrogen) atoms. The van der Waals surface area contributed by atoms with E-state index < -0.39 is 33.5 Å². The first kappa shape index (κ1) is 26.4. The number of nitrogens with zero attached hydrogens (tertiary/aromatic N) is 2. The van der Waals surface area contributed by atoms with Crippen molar-refractivity contribution in [3.63, 3.8) is 0 Å². The summed E-state index contributed by atoms with van der Waals surface area (Å²) >= 11 is 0. The van der Waals surface area contributed by atoms with Crippen LogP contribution in [0.2, 0.25) is 0 Å². The van der Waals surface area contributed by atoms with Crippen LogP contribution in [0.25, 0.3) is 0 Å². The summed E-state index contributed by atoms with van der Waals surface area (Å²) in [5, 5.41) is 8.10. The summed E-state index contributed by atoms with van der Waals surface area (Å²) in [6, 6.07) is 11.3. The van der Waals surface area contributed by atoms with E-state index in [0.29, 0.717) is 23.7 Å². The molecule has 0 aliphatic heterocycles. The number of sulfone groups is 1. The number of hydrogen-bond donors (Lipinski definition) is 4. The molecule has 0 spiro atoms. The molecule has 2 rings (SSSR count). The van der Waals surface area contributed by atoms with E-state index >= 15 is 0 Å². The Hall–Kier alpha value is -3.84. The maximum atomic E-state index is 12.8. The number of guanidine groups is 1. The van der Waals surface area contributed by atoms with E-state index in [0.717, 1.165) is 0 Å². The van der Waals surface area contributed by atoms with Crippen LogP contribution in [0.1, 0.15) is 16.8 Å². The van der Waals surface area contributed by atoms with Crippen molar-refractivity contribution in [3.05, 3.63) is 54.1 Å². The van der Waals surface area contributed by atoms with Crippen LogP contribution in [-0.2, 0) is 14.6 Å². The third-order valence-corrected chi connectivity index (χ3v) is 6.64. The van der Waals surface area contributed by atoms with Gasteiger partial charge in [0.15, 0.2) is 32.5 Å². The highest BCUT2D eigenvalue weighted by atomic mass is 32.2. The highest BCUT2D eigenvalue weighted by molar-refractivity contribution is 7.92. The number of aliphatic carboxylic acids is 1. The van der Waals surface area contributed by atoms with Gasteiger partial charge in [0.1, 0.15) is 0 Å². The van der Waals surface area contributed by atoms with Gasteiger partial charge in [-0.05, 0) is 30.3 Å². The Kier molecular flexibility index (Phi) is 9.21. The van der Waals surface area contributed by atoms with Crippen LogP contribution in [0.3, 0.4) is 0 Å². The van der Waals surface area contributed by atoms with Crippen molar-refractivity contribution in [2.24, 2.45) is 22.3 Å². The van der Waals surface area contributed by atoms with Gasteiger partial charge < -0.3 is 26.0 Å². The van der Waals surface area contributed by atoms with Gasteiger partial charge in [0.2, 0.25) is 0 Å². The Morgan fingerprint density at radius 1 is 1.12 bits per heavy atom. The van der Waals surface area contributed by atoms with Gasteiger partial charge >= 0.3 is 5.97 Å². The number of aliphatic imine (C=N–C) groups is 1. The van der Waals surface area contributed by atoms with Gasteiger partial charge in [-0.2, -0.15) is 0 Å². The molecule has 2 aromatic carbocycles. The fourth-order valence-electron chi connectivity index (χ4n) is 2.89. The molecule has 1 amide bonds. The summed E-state index contributed by atoms with van der Waals surface area (Å²) in [5.74, 6) is 3.91. The molecule has 0 heterocycles. The van der Waals surface area contributed by atoms with Crippen molar-refractivity contribution >= 4 is 27.7 Å². The Morgan fingerprint density at radius 2 is 1.79 bits per heavy atom. The topological polar surface area (TPSA) is 201 Å². The highest BCUT2D eigenvalue weighted by Gasteiger charge is 2.36. The molecule has 0 bridgehead atoms. The molecule has 0 aliphatic carbocycles. The number of ether oxygens (including phenoxy) is 2. The molecule has 0 radical (unpaired) electrons. The molecule has 13 heteroatoms. The molecular formula is C21H27N5O7S. The number of methoxy groups -OCH3 is 1. The van der Waals surface area contributed by atoms with Crippen LogP contribution >= 0.6 is 0 Å². The predicted octanol–water partition coefficient (Wildman–Crippen LogP) is -0.0195. The van der Waals surface area contributed by atoms with Crippen LogP contribution in [-0.4, -0.2) is 68.4 Å². The Bertz CT molecular complexity index is 1140. The molecule has 0 unspecified atom stereocenters. The van der Waals surface area contributed by atoms with E-state index in [1.165, 1.54) is 49.6 Å². The van der Waals surface area contributed by atoms with Gasteiger partial charge in [-0.1, -0.05) is 18.2 Å². The first-order valence-electron chi connectivity index (χ1n) is 10.0. The van der Waals surface area contributed by atoms with Crippen molar-refractivity contribution in [2.75, 3.05) is 26.8 Å². The quantitative estimate of drug-likeness (QED) is 0.0777. The number of carbonyl (C=O) groups is 2. The summed E-state index contributed by atoms with van der Waals surface area (Å²) in [7, 11) is -2.92. The summed E-state index contributed by atoms with van der Waals surface area (Å²) in [6.07, 6.45) is 0.533. The summed E-state index contributed by atoms with van der Waals surface area (Å²) in [6.45, 7) is -0.113. The molecule has 12 nitrogen and oxygen atoms in total. The van der Waals surface area contributed by atoms with Crippen molar-refractivity contribution in [1.82, 2.24) is 5.01 Å². The lowest BCUT2D eigenvalue weighted by molar-refractivity contribution is -0.136. The van der Waals surface area contributed by atoms with E-state index in [1.54, 1.807) is 6.07 Å². The van der Waals surface area contributed by atoms with Crippen LogP contribution in [0, 0.1) is 0 Å². The van der Waals surface area contributed by atoms with Crippen LogP contribution in [0.15, 0.2) is 58.4 Å². The zero-order chi connectivity index (χ0) is 25.3. The van der Waals surface area contributed by atoms with E-state index in [9.17, 15) is 23.1 Å². The molecule has 0 aliphatic rings. The molecular weight excluding hydrogens is 466 g/mol. The lowest BCUT2D eigenvalue weighted by Crippen LogP contribution is -2.48. The fraction of sp³-hybridized carbons (Fsp3) is 0.286. The largest absolute Gasteiger partial charge is 0.493 e. The highest BCUT2D eigenvalue weighted by Crippen LogP contribution is 2.28. The number of hydrazine groups is 1. The standard InChI is InChI=1S/C21H27N5O7S/c1-32-17-12-14(8-9-16(17)33-11-5-10-25-21(22)23)19(27)26(24)13-18(20(28)29)34(30,31)15-6-3-2-4-7-15/h2-4,6-9,12,18H,5,10-11,13,24H2,1H3,(H,28,29)(H4,22,23,25)/t18-/m0/s1. The Balaban J connectivity index is 2.14. The van der Waals surface area contributed by atoms with Crippen molar-refractivity contribution in [2.45, 2.75) is 16.6 Å². The molecule has 0 fully saturated rings. The number of amides is 1. The van der Waals surface area contributed by atoms with Gasteiger partial charge in [0.05, 0.1) is 25.2 Å². The molecule has 184 valence electrons. The summed E-state index contributed by atoms with van der Waals surface area (Å²) in [4.78, 5) is 28.2. The molecule has 1 atom stereocenters. The minimum Gasteiger partial charge on any atom is -0.493 e. The number of hydrogen-bond acceptors (Lipinski definition) is 8. The average molecular weight is 494 g/mol. The van der Waals surface area contributed by atoms with Crippen LogP contribution < -0.4 is 26.8 Å². The monoisotopic (exact) mass is 493 g/mol. The maximum Gasteiger partial charge on any atom is 0.324 e. The van der Waals surface area contributed by atoms with Crippen molar-refractivity contribution < 1.29 is 32.6 Å². The lowest BCUT2D eigenvalue weighted by atomic mass is 10.2. The molecule has 2 aromatic rings. The van der Waals surface area contributed by atoms with Gasteiger partial charge in [0, 0.05) is 18.5 Å². The number of carboxylic acid groups (broad SMARTS) is 1. The number of nitrogens with two attached hydrogens (primary N) is 3. The Morgan fingerprint density at radius 3 is 2.38 bits per heavy atom. The van der Waals surface area contributed by atoms with Crippen LogP contribution in [0.5, 0.6) is 11.5 Å². The number of benzene rings is 2.